The molecule has 1 heterocycles. The number of aromatic nitrogens is 2. The summed E-state index contributed by atoms with van der Waals surface area (Å²) < 4.78 is 7.22. The SMILES string of the molecule is COCCNCc1cnn(C(C)C)c1C1CC1. The lowest BCUT2D eigenvalue weighted by Gasteiger charge is -2.12. The fraction of sp³-hybridized carbons (Fsp3) is 0.769. The van der Waals surface area contributed by atoms with Crippen LogP contribution in [-0.4, -0.2) is 30.0 Å². The van der Waals surface area contributed by atoms with Crippen LogP contribution in [0.3, 0.4) is 0 Å². The van der Waals surface area contributed by atoms with Crippen LogP contribution in [0.15, 0.2) is 6.20 Å². The standard InChI is InChI=1S/C13H23N3O/c1-10(2)16-13(11-4-5-11)12(9-15-16)8-14-6-7-17-3/h9-11,14H,4-8H2,1-3H3. The lowest BCUT2D eigenvalue weighted by molar-refractivity contribution is 0.199. The van der Waals surface area contributed by atoms with Gasteiger partial charge in [-0.25, -0.2) is 0 Å². The normalized spacial score (nSPS) is 15.8. The quantitative estimate of drug-likeness (QED) is 0.738. The predicted molar refractivity (Wildman–Crippen MR) is 68.2 cm³/mol. The van der Waals surface area contributed by atoms with Crippen molar-refractivity contribution in [3.05, 3.63) is 17.5 Å². The fourth-order valence-corrected chi connectivity index (χ4v) is 2.16. The third-order valence-corrected chi connectivity index (χ3v) is 3.17. The molecule has 0 spiro atoms. The first-order valence-electron chi connectivity index (χ1n) is 6.50. The molecule has 0 unspecified atom stereocenters. The molecule has 1 fully saturated rings. The van der Waals surface area contributed by atoms with Crippen molar-refractivity contribution in [2.24, 2.45) is 0 Å². The van der Waals surface area contributed by atoms with Gasteiger partial charge < -0.3 is 10.1 Å². The molecule has 0 bridgehead atoms. The van der Waals surface area contributed by atoms with E-state index in [0.717, 1.165) is 25.6 Å². The Morgan fingerprint density at radius 1 is 1.53 bits per heavy atom. The fourth-order valence-electron chi connectivity index (χ4n) is 2.16. The molecular formula is C13H23N3O. The molecule has 1 N–H and O–H groups in total. The van der Waals surface area contributed by atoms with Crippen LogP contribution in [0.4, 0.5) is 0 Å². The summed E-state index contributed by atoms with van der Waals surface area (Å²) in [6.45, 7) is 6.95. The molecule has 0 aromatic carbocycles. The number of methoxy groups -OCH3 is 1. The van der Waals surface area contributed by atoms with E-state index in [-0.39, 0.29) is 0 Å². The predicted octanol–water partition coefficient (Wildman–Crippen LogP) is 2.08. The van der Waals surface area contributed by atoms with E-state index in [9.17, 15) is 0 Å². The Hall–Kier alpha value is -0.870. The summed E-state index contributed by atoms with van der Waals surface area (Å²) >= 11 is 0. The summed E-state index contributed by atoms with van der Waals surface area (Å²) in [6, 6.07) is 0.457. The molecule has 96 valence electrons. The van der Waals surface area contributed by atoms with E-state index < -0.39 is 0 Å². The lowest BCUT2D eigenvalue weighted by Crippen LogP contribution is -2.19. The average Bonchev–Trinajstić information content (AvgIpc) is 3.05. The highest BCUT2D eigenvalue weighted by Gasteiger charge is 2.30. The maximum Gasteiger partial charge on any atom is 0.0587 e. The summed E-state index contributed by atoms with van der Waals surface area (Å²) in [7, 11) is 1.73. The van der Waals surface area contributed by atoms with Gasteiger partial charge in [0.05, 0.1) is 12.8 Å². The first-order valence-corrected chi connectivity index (χ1v) is 6.50. The maximum absolute atomic E-state index is 5.03. The van der Waals surface area contributed by atoms with Crippen LogP contribution in [0.2, 0.25) is 0 Å². The van der Waals surface area contributed by atoms with Crippen molar-refractivity contribution >= 4 is 0 Å². The third-order valence-electron chi connectivity index (χ3n) is 3.17. The van der Waals surface area contributed by atoms with Crippen molar-refractivity contribution in [3.8, 4) is 0 Å². The van der Waals surface area contributed by atoms with Gasteiger partial charge in [-0.1, -0.05) is 0 Å². The summed E-state index contributed by atoms with van der Waals surface area (Å²) in [5, 5.41) is 7.92. The zero-order valence-corrected chi connectivity index (χ0v) is 11.1. The highest BCUT2D eigenvalue weighted by molar-refractivity contribution is 5.26. The largest absolute Gasteiger partial charge is 0.383 e. The van der Waals surface area contributed by atoms with E-state index in [1.54, 1.807) is 7.11 Å². The molecular weight excluding hydrogens is 214 g/mol. The highest BCUT2D eigenvalue weighted by atomic mass is 16.5. The summed E-state index contributed by atoms with van der Waals surface area (Å²) in [5.41, 5.74) is 2.81. The Balaban J connectivity index is 2.00. The van der Waals surface area contributed by atoms with Gasteiger partial charge in [0.15, 0.2) is 0 Å². The molecule has 2 rings (SSSR count). The van der Waals surface area contributed by atoms with Crippen molar-refractivity contribution < 1.29 is 4.74 Å². The Kier molecular flexibility index (Phi) is 4.18. The van der Waals surface area contributed by atoms with Crippen LogP contribution < -0.4 is 5.32 Å². The van der Waals surface area contributed by atoms with E-state index in [1.165, 1.54) is 24.1 Å². The summed E-state index contributed by atoms with van der Waals surface area (Å²) in [4.78, 5) is 0. The van der Waals surface area contributed by atoms with Gasteiger partial charge in [-0.05, 0) is 26.7 Å². The van der Waals surface area contributed by atoms with Crippen molar-refractivity contribution in [2.75, 3.05) is 20.3 Å². The Morgan fingerprint density at radius 2 is 2.29 bits per heavy atom. The minimum absolute atomic E-state index is 0.457. The molecule has 1 aliphatic carbocycles. The smallest absolute Gasteiger partial charge is 0.0587 e. The number of hydrogen-bond acceptors (Lipinski definition) is 3. The molecule has 1 aromatic rings. The van der Waals surface area contributed by atoms with Gasteiger partial charge in [-0.2, -0.15) is 5.10 Å². The first-order chi connectivity index (χ1) is 8.24. The van der Waals surface area contributed by atoms with Crippen molar-refractivity contribution in [1.29, 1.82) is 0 Å². The molecule has 4 nitrogen and oxygen atoms in total. The molecule has 1 aliphatic rings. The molecule has 4 heteroatoms. The maximum atomic E-state index is 5.03. The highest BCUT2D eigenvalue weighted by Crippen LogP contribution is 2.42. The molecule has 0 saturated heterocycles. The number of rotatable bonds is 7. The number of ether oxygens (including phenoxy) is 1. The van der Waals surface area contributed by atoms with Crippen LogP contribution in [0.5, 0.6) is 0 Å². The first kappa shape index (κ1) is 12.6. The van der Waals surface area contributed by atoms with Crippen molar-refractivity contribution in [3.63, 3.8) is 0 Å². The summed E-state index contributed by atoms with van der Waals surface area (Å²) in [6.07, 6.45) is 4.67. The Labute approximate surface area is 103 Å². The number of hydrogen-bond donors (Lipinski definition) is 1. The second-order valence-electron chi connectivity index (χ2n) is 5.04. The van der Waals surface area contributed by atoms with Gasteiger partial charge in [-0.3, -0.25) is 4.68 Å². The lowest BCUT2D eigenvalue weighted by atomic mass is 10.1. The molecule has 17 heavy (non-hydrogen) atoms. The van der Waals surface area contributed by atoms with Crippen molar-refractivity contribution in [2.45, 2.75) is 45.2 Å². The van der Waals surface area contributed by atoms with E-state index in [1.807, 2.05) is 6.20 Å². The molecule has 0 amide bonds. The Morgan fingerprint density at radius 3 is 2.88 bits per heavy atom. The topological polar surface area (TPSA) is 39.1 Å². The van der Waals surface area contributed by atoms with Crippen molar-refractivity contribution in [1.82, 2.24) is 15.1 Å². The third kappa shape index (κ3) is 3.07. The summed E-state index contributed by atoms with van der Waals surface area (Å²) in [5.74, 6) is 0.749. The van der Waals surface area contributed by atoms with Crippen LogP contribution in [0.25, 0.3) is 0 Å². The van der Waals surface area contributed by atoms with Gasteiger partial charge >= 0.3 is 0 Å². The van der Waals surface area contributed by atoms with Gasteiger partial charge in [0, 0.05) is 43.4 Å². The molecule has 0 aliphatic heterocycles. The van der Waals surface area contributed by atoms with Crippen LogP contribution in [-0.2, 0) is 11.3 Å². The van der Waals surface area contributed by atoms with E-state index in [0.29, 0.717) is 6.04 Å². The molecule has 0 atom stereocenters. The number of nitrogens with zero attached hydrogens (tertiary/aromatic N) is 2. The van der Waals surface area contributed by atoms with Gasteiger partial charge in [-0.15, -0.1) is 0 Å². The minimum atomic E-state index is 0.457. The Bertz CT molecular complexity index is 356. The molecule has 0 radical (unpaired) electrons. The second-order valence-corrected chi connectivity index (χ2v) is 5.04. The number of nitrogens with one attached hydrogen (secondary N) is 1. The minimum Gasteiger partial charge on any atom is -0.383 e. The van der Waals surface area contributed by atoms with Gasteiger partial charge in [0.25, 0.3) is 0 Å². The van der Waals surface area contributed by atoms with Gasteiger partial charge in [0.2, 0.25) is 0 Å². The van der Waals surface area contributed by atoms with E-state index in [4.69, 9.17) is 4.74 Å². The molecule has 1 aromatic heterocycles. The van der Waals surface area contributed by atoms with Crippen LogP contribution in [0.1, 0.15) is 49.9 Å². The van der Waals surface area contributed by atoms with Gasteiger partial charge in [0.1, 0.15) is 0 Å². The molecule has 1 saturated carbocycles. The zero-order valence-electron chi connectivity index (χ0n) is 11.1. The van der Waals surface area contributed by atoms with Crippen LogP contribution >= 0.6 is 0 Å². The zero-order chi connectivity index (χ0) is 12.3. The van der Waals surface area contributed by atoms with E-state index in [2.05, 4.69) is 28.9 Å². The second kappa shape index (κ2) is 5.65. The van der Waals surface area contributed by atoms with Crippen LogP contribution in [0, 0.1) is 0 Å². The average molecular weight is 237 g/mol. The van der Waals surface area contributed by atoms with E-state index >= 15 is 0 Å². The monoisotopic (exact) mass is 237 g/mol.